The summed E-state index contributed by atoms with van der Waals surface area (Å²) in [5.74, 6) is -0.260. The molecular weight excluding hydrogens is 445 g/mol. The number of anilines is 1. The summed E-state index contributed by atoms with van der Waals surface area (Å²) >= 11 is 6.46. The quantitative estimate of drug-likeness (QED) is 0.594. The van der Waals surface area contributed by atoms with Crippen molar-refractivity contribution in [1.82, 2.24) is 19.7 Å². The van der Waals surface area contributed by atoms with E-state index in [1.807, 2.05) is 20.0 Å². The number of halogens is 2. The predicted molar refractivity (Wildman–Crippen MR) is 124 cm³/mol. The lowest BCUT2D eigenvalue weighted by atomic mass is 9.81. The van der Waals surface area contributed by atoms with Gasteiger partial charge in [0.05, 0.1) is 36.1 Å². The maximum atomic E-state index is 14.5. The number of carbonyl (C=O) groups excluding carboxylic acids is 1. The van der Waals surface area contributed by atoms with Crippen LogP contribution in [-0.4, -0.2) is 50.9 Å². The average Bonchev–Trinajstić information content (AvgIpc) is 3.34. The van der Waals surface area contributed by atoms with Crippen molar-refractivity contribution in [3.8, 4) is 11.1 Å². The zero-order valence-corrected chi connectivity index (χ0v) is 19.4. The lowest BCUT2D eigenvalue weighted by Crippen LogP contribution is -2.30. The minimum Gasteiger partial charge on any atom is -0.394 e. The van der Waals surface area contributed by atoms with Crippen molar-refractivity contribution in [1.29, 1.82) is 0 Å². The van der Waals surface area contributed by atoms with Gasteiger partial charge in [0.25, 0.3) is 5.91 Å². The van der Waals surface area contributed by atoms with Gasteiger partial charge < -0.3 is 15.3 Å². The van der Waals surface area contributed by atoms with Crippen LogP contribution in [0.1, 0.15) is 51.6 Å². The second-order valence-corrected chi connectivity index (χ2v) is 9.15. The SMILES string of the molecule is Cc1nn(CCO)c2c1-c1cnc3c(c1)C(CN3)C(C)c1c(ccc(F)c1Cl)C(=O)N(C)C2. The fourth-order valence-electron chi connectivity index (χ4n) is 5.16. The van der Waals surface area contributed by atoms with Gasteiger partial charge in [0.2, 0.25) is 0 Å². The number of hydrogen-bond donors (Lipinski definition) is 2. The Morgan fingerprint density at radius 3 is 2.91 bits per heavy atom. The summed E-state index contributed by atoms with van der Waals surface area (Å²) in [5, 5.41) is 17.5. The van der Waals surface area contributed by atoms with Gasteiger partial charge in [-0.1, -0.05) is 18.5 Å². The number of aliphatic hydroxyl groups excluding tert-OH is 1. The molecule has 2 bridgehead atoms. The minimum atomic E-state index is -0.540. The third-order valence-corrected chi connectivity index (χ3v) is 7.18. The first-order valence-corrected chi connectivity index (χ1v) is 11.3. The molecule has 0 radical (unpaired) electrons. The van der Waals surface area contributed by atoms with Crippen molar-refractivity contribution in [2.45, 2.75) is 38.8 Å². The van der Waals surface area contributed by atoms with E-state index in [-0.39, 0.29) is 35.9 Å². The summed E-state index contributed by atoms with van der Waals surface area (Å²) < 4.78 is 16.3. The molecule has 0 fully saturated rings. The highest BCUT2D eigenvalue weighted by Crippen LogP contribution is 2.45. The van der Waals surface area contributed by atoms with Gasteiger partial charge in [0.1, 0.15) is 11.6 Å². The second kappa shape index (κ2) is 8.11. The highest BCUT2D eigenvalue weighted by atomic mass is 35.5. The molecule has 1 aromatic carbocycles. The molecule has 3 aromatic rings. The summed E-state index contributed by atoms with van der Waals surface area (Å²) in [4.78, 5) is 19.8. The molecule has 0 aliphatic carbocycles. The van der Waals surface area contributed by atoms with Crippen molar-refractivity contribution in [3.05, 3.63) is 63.3 Å². The largest absolute Gasteiger partial charge is 0.394 e. The minimum absolute atomic E-state index is 0.0155. The molecule has 4 heterocycles. The van der Waals surface area contributed by atoms with Crippen molar-refractivity contribution in [2.24, 2.45) is 0 Å². The van der Waals surface area contributed by atoms with Crippen molar-refractivity contribution >= 4 is 23.3 Å². The molecule has 9 heteroatoms. The van der Waals surface area contributed by atoms with Crippen LogP contribution in [-0.2, 0) is 13.1 Å². The molecule has 2 unspecified atom stereocenters. The van der Waals surface area contributed by atoms with Gasteiger partial charge >= 0.3 is 0 Å². The van der Waals surface area contributed by atoms with Gasteiger partial charge in [0, 0.05) is 48.0 Å². The molecule has 0 saturated carbocycles. The molecular formula is C24H25ClFN5O2. The summed E-state index contributed by atoms with van der Waals surface area (Å²) in [6.45, 7) is 5.01. The van der Waals surface area contributed by atoms with Crippen LogP contribution < -0.4 is 5.32 Å². The molecule has 0 spiro atoms. The Kier molecular flexibility index (Phi) is 5.37. The van der Waals surface area contributed by atoms with Crippen molar-refractivity contribution in [3.63, 3.8) is 0 Å². The molecule has 5 rings (SSSR count). The van der Waals surface area contributed by atoms with Crippen LogP contribution in [0, 0.1) is 12.7 Å². The van der Waals surface area contributed by atoms with E-state index in [1.54, 1.807) is 16.6 Å². The van der Waals surface area contributed by atoms with E-state index in [4.69, 9.17) is 11.6 Å². The number of hydrogen-bond acceptors (Lipinski definition) is 5. The molecule has 2 aromatic heterocycles. The summed E-state index contributed by atoms with van der Waals surface area (Å²) in [5.41, 5.74) is 5.34. The number of amides is 1. The summed E-state index contributed by atoms with van der Waals surface area (Å²) in [6, 6.07) is 4.88. The fourth-order valence-corrected chi connectivity index (χ4v) is 5.49. The normalized spacial score (nSPS) is 19.5. The lowest BCUT2D eigenvalue weighted by Gasteiger charge is -2.27. The Morgan fingerprint density at radius 1 is 1.36 bits per heavy atom. The van der Waals surface area contributed by atoms with E-state index in [9.17, 15) is 14.3 Å². The van der Waals surface area contributed by atoms with Gasteiger partial charge in [-0.15, -0.1) is 0 Å². The van der Waals surface area contributed by atoms with Gasteiger partial charge in [0.15, 0.2) is 0 Å². The maximum Gasteiger partial charge on any atom is 0.254 e. The van der Waals surface area contributed by atoms with E-state index in [1.165, 1.54) is 12.1 Å². The van der Waals surface area contributed by atoms with Crippen LogP contribution in [0.15, 0.2) is 24.4 Å². The fraction of sp³-hybridized carbons (Fsp3) is 0.375. The predicted octanol–water partition coefficient (Wildman–Crippen LogP) is 3.94. The summed E-state index contributed by atoms with van der Waals surface area (Å²) in [6.07, 6.45) is 1.81. The zero-order chi connectivity index (χ0) is 23.4. The third kappa shape index (κ3) is 3.40. The molecule has 0 saturated heterocycles. The monoisotopic (exact) mass is 469 g/mol. The smallest absolute Gasteiger partial charge is 0.254 e. The van der Waals surface area contributed by atoms with Crippen LogP contribution in [0.5, 0.6) is 0 Å². The highest BCUT2D eigenvalue weighted by Gasteiger charge is 2.35. The number of aryl methyl sites for hydroxylation is 1. The summed E-state index contributed by atoms with van der Waals surface area (Å²) in [7, 11) is 1.71. The standard InChI is InChI=1S/C24H25ClFN5O2/c1-12-17-10-28-23-16(17)8-14(9-27-23)21-13(2)29-31(6-7-32)19(21)11-30(3)24(33)15-4-5-18(26)22(25)20(12)15/h4-5,8-9,12,17,32H,6-7,10-11H2,1-3H3,(H,27,28). The number of fused-ring (bicyclic) bond motifs is 4. The first-order chi connectivity index (χ1) is 15.8. The number of benzene rings is 1. The number of pyridine rings is 1. The van der Waals surface area contributed by atoms with Crippen LogP contribution in [0.2, 0.25) is 5.02 Å². The average molecular weight is 470 g/mol. The number of nitrogens with zero attached hydrogens (tertiary/aromatic N) is 4. The van der Waals surface area contributed by atoms with Crippen LogP contribution in [0.3, 0.4) is 0 Å². The number of rotatable bonds is 2. The lowest BCUT2D eigenvalue weighted by molar-refractivity contribution is 0.0779. The first-order valence-electron chi connectivity index (χ1n) is 11.0. The van der Waals surface area contributed by atoms with Crippen LogP contribution in [0.4, 0.5) is 10.2 Å². The van der Waals surface area contributed by atoms with E-state index in [0.717, 1.165) is 33.9 Å². The van der Waals surface area contributed by atoms with Gasteiger partial charge in [-0.3, -0.25) is 9.48 Å². The molecule has 33 heavy (non-hydrogen) atoms. The topological polar surface area (TPSA) is 83.3 Å². The van der Waals surface area contributed by atoms with E-state index in [0.29, 0.717) is 24.2 Å². The molecule has 7 nitrogen and oxygen atoms in total. The second-order valence-electron chi connectivity index (χ2n) is 8.78. The van der Waals surface area contributed by atoms with Crippen LogP contribution in [0.25, 0.3) is 11.1 Å². The molecule has 1 amide bonds. The molecule has 2 atom stereocenters. The van der Waals surface area contributed by atoms with E-state index in [2.05, 4.69) is 21.5 Å². The molecule has 2 aliphatic heterocycles. The molecule has 2 aliphatic rings. The number of nitrogens with one attached hydrogen (secondary N) is 1. The number of aromatic nitrogens is 3. The van der Waals surface area contributed by atoms with E-state index >= 15 is 0 Å². The number of carbonyl (C=O) groups is 1. The third-order valence-electron chi connectivity index (χ3n) is 6.79. The Hall–Kier alpha value is -2.97. The van der Waals surface area contributed by atoms with Crippen molar-refractivity contribution in [2.75, 3.05) is 25.5 Å². The highest BCUT2D eigenvalue weighted by molar-refractivity contribution is 6.32. The first kappa shape index (κ1) is 21.9. The number of aliphatic hydroxyl groups is 1. The Labute approximate surface area is 196 Å². The van der Waals surface area contributed by atoms with Gasteiger partial charge in [-0.2, -0.15) is 5.10 Å². The molecule has 172 valence electrons. The van der Waals surface area contributed by atoms with Gasteiger partial charge in [-0.25, -0.2) is 9.37 Å². The van der Waals surface area contributed by atoms with Crippen molar-refractivity contribution < 1.29 is 14.3 Å². The zero-order valence-electron chi connectivity index (χ0n) is 18.7. The Bertz CT molecular complexity index is 1270. The van der Waals surface area contributed by atoms with Crippen LogP contribution >= 0.6 is 11.6 Å². The molecule has 2 N–H and O–H groups in total. The Balaban J connectivity index is 1.79. The van der Waals surface area contributed by atoms with Gasteiger partial charge in [-0.05, 0) is 36.6 Å². The Morgan fingerprint density at radius 2 is 2.15 bits per heavy atom. The maximum absolute atomic E-state index is 14.5. The van der Waals surface area contributed by atoms with E-state index < -0.39 is 5.82 Å².